The molecule has 0 bridgehead atoms. The van der Waals surface area contributed by atoms with Crippen molar-refractivity contribution in [3.05, 3.63) is 92.4 Å². The van der Waals surface area contributed by atoms with Gasteiger partial charge >= 0.3 is 4.87 Å². The van der Waals surface area contributed by atoms with Gasteiger partial charge in [-0.05, 0) is 61.0 Å². The van der Waals surface area contributed by atoms with Crippen LogP contribution in [0.2, 0.25) is 0 Å². The van der Waals surface area contributed by atoms with Gasteiger partial charge in [0.15, 0.2) is 11.5 Å². The van der Waals surface area contributed by atoms with Crippen LogP contribution in [0, 0.1) is 12.8 Å². The molecule has 1 aromatic heterocycles. The van der Waals surface area contributed by atoms with Gasteiger partial charge in [0.2, 0.25) is 27.7 Å². The number of primary sulfonamides is 1. The summed E-state index contributed by atoms with van der Waals surface area (Å²) in [5, 5.41) is 17.5. The highest BCUT2D eigenvalue weighted by atomic mass is 32.2. The molecule has 0 spiro atoms. The zero-order valence-electron chi connectivity index (χ0n) is 23.8. The number of thioether (sulfide) groups is 1. The Morgan fingerprint density at radius 3 is 2.36 bits per heavy atom. The number of nitrogens with zero attached hydrogens (tertiary/aromatic N) is 2. The highest BCUT2D eigenvalue weighted by Crippen LogP contribution is 2.54. The second kappa shape index (κ2) is 11.5. The van der Waals surface area contributed by atoms with E-state index in [0.29, 0.717) is 21.2 Å². The molecule has 15 heteroatoms. The van der Waals surface area contributed by atoms with E-state index in [2.05, 4.69) is 5.32 Å². The van der Waals surface area contributed by atoms with Gasteiger partial charge in [-0.3, -0.25) is 23.7 Å². The van der Waals surface area contributed by atoms with Gasteiger partial charge < -0.3 is 15.2 Å². The predicted molar refractivity (Wildman–Crippen MR) is 168 cm³/mol. The first-order valence-electron chi connectivity index (χ1n) is 13.5. The average molecular weight is 667 g/mol. The minimum absolute atomic E-state index is 0.113. The molecule has 3 heterocycles. The number of amides is 3. The summed E-state index contributed by atoms with van der Waals surface area (Å²) in [6.07, 6.45) is 0. The summed E-state index contributed by atoms with van der Waals surface area (Å²) in [5.41, 5.74) is 2.24. The minimum atomic E-state index is -3.92. The van der Waals surface area contributed by atoms with Crippen molar-refractivity contribution >= 4 is 62.2 Å². The van der Waals surface area contributed by atoms with E-state index in [-0.39, 0.29) is 22.1 Å². The van der Waals surface area contributed by atoms with Crippen LogP contribution in [0.3, 0.4) is 0 Å². The van der Waals surface area contributed by atoms with Crippen molar-refractivity contribution < 1.29 is 32.6 Å². The molecule has 2 aliphatic rings. The number of rotatable bonds is 7. The summed E-state index contributed by atoms with van der Waals surface area (Å²) >= 11 is 1.96. The number of nitrogens with one attached hydrogen (secondary N) is 1. The lowest BCUT2D eigenvalue weighted by molar-refractivity contribution is -0.122. The lowest BCUT2D eigenvalue weighted by Crippen LogP contribution is -2.33. The Labute approximate surface area is 265 Å². The largest absolute Gasteiger partial charge is 0.504 e. The van der Waals surface area contributed by atoms with Crippen LogP contribution in [0.5, 0.6) is 11.5 Å². The molecular formula is C30H26N4O8S3. The number of phenolic OH excluding ortho intramolecular Hbond substituents is 1. The number of aryl methyl sites for hydroxylation is 1. The van der Waals surface area contributed by atoms with E-state index < -0.39 is 56.2 Å². The molecule has 3 aromatic carbocycles. The van der Waals surface area contributed by atoms with E-state index in [0.717, 1.165) is 28.7 Å². The Hall–Kier alpha value is -4.44. The maximum absolute atomic E-state index is 14.0. The third-order valence-corrected chi connectivity index (χ3v) is 11.2. The van der Waals surface area contributed by atoms with E-state index in [9.17, 15) is 32.7 Å². The van der Waals surface area contributed by atoms with E-state index >= 15 is 0 Å². The number of fused-ring (bicyclic) bond motifs is 2. The number of anilines is 2. The first kappa shape index (κ1) is 30.6. The van der Waals surface area contributed by atoms with Crippen LogP contribution >= 0.6 is 23.1 Å². The average Bonchev–Trinajstić information content (AvgIpc) is 3.44. The standard InChI is InChI=1S/C30H26N4O8S3/c1-15-3-8-18(9-4-15)34-27(37)24-23(16-5-12-20(35)21(13-16)42-2)26-29(43-25(24)28(34)38)33(30(39)44-26)14-22(36)32-17-6-10-19(11-7-17)45(31,40)41/h3-13,23-25,35H,14H2,1-2H3,(H,32,36)(H2,31,40,41)/t23-,24?,25?/m0/s1. The van der Waals surface area contributed by atoms with Crippen molar-refractivity contribution in [1.82, 2.24) is 4.57 Å². The van der Waals surface area contributed by atoms with Crippen LogP contribution in [0.15, 0.2) is 81.4 Å². The molecule has 3 atom stereocenters. The predicted octanol–water partition coefficient (Wildman–Crippen LogP) is 3.01. The van der Waals surface area contributed by atoms with Crippen molar-refractivity contribution in [2.45, 2.75) is 34.6 Å². The number of sulfonamides is 1. The third kappa shape index (κ3) is 5.52. The summed E-state index contributed by atoms with van der Waals surface area (Å²) < 4.78 is 29.7. The molecule has 4 aromatic rings. The number of phenols is 1. The summed E-state index contributed by atoms with van der Waals surface area (Å²) in [7, 11) is -2.52. The number of imide groups is 1. The van der Waals surface area contributed by atoms with Gasteiger partial charge in [0.05, 0.1) is 28.6 Å². The number of carbonyl (C=O) groups is 3. The topological polar surface area (TPSA) is 178 Å². The SMILES string of the molecule is COc1cc([C@@H]2c3sc(=O)n(CC(=O)Nc4ccc(S(N)(=O)=O)cc4)c3SC3C(=O)N(c4ccc(C)cc4)C(=O)C32)ccc1O. The number of hydrogen-bond acceptors (Lipinski definition) is 10. The van der Waals surface area contributed by atoms with Crippen LogP contribution in [0.1, 0.15) is 21.9 Å². The van der Waals surface area contributed by atoms with Crippen molar-refractivity contribution in [2.24, 2.45) is 11.1 Å². The number of thiazole rings is 1. The molecule has 2 unspecified atom stereocenters. The maximum Gasteiger partial charge on any atom is 0.308 e. The Bertz CT molecular complexity index is 2020. The number of aromatic hydroxyl groups is 1. The fraction of sp³-hybridized carbons (Fsp3) is 0.200. The first-order chi connectivity index (χ1) is 21.4. The van der Waals surface area contributed by atoms with E-state index in [4.69, 9.17) is 9.88 Å². The molecule has 0 saturated carbocycles. The van der Waals surface area contributed by atoms with Crippen molar-refractivity contribution in [3.63, 3.8) is 0 Å². The monoisotopic (exact) mass is 666 g/mol. The first-order valence-corrected chi connectivity index (χ1v) is 16.8. The van der Waals surface area contributed by atoms with Gasteiger partial charge in [0.1, 0.15) is 11.8 Å². The zero-order chi connectivity index (χ0) is 32.2. The number of ether oxygens (including phenoxy) is 1. The Kier molecular flexibility index (Phi) is 7.81. The molecule has 2 aliphatic heterocycles. The van der Waals surface area contributed by atoms with Gasteiger partial charge in [-0.25, -0.2) is 18.5 Å². The molecule has 0 radical (unpaired) electrons. The molecule has 1 fully saturated rings. The van der Waals surface area contributed by atoms with Crippen LogP contribution in [-0.2, 0) is 31.0 Å². The zero-order valence-corrected chi connectivity index (χ0v) is 26.2. The number of hydrogen-bond donors (Lipinski definition) is 3. The quantitative estimate of drug-likeness (QED) is 0.250. The number of carbonyl (C=O) groups excluding carboxylic acids is 3. The second-order valence-electron chi connectivity index (χ2n) is 10.6. The van der Waals surface area contributed by atoms with Crippen LogP contribution in [-0.4, -0.2) is 48.2 Å². The van der Waals surface area contributed by atoms with Crippen molar-refractivity contribution in [2.75, 3.05) is 17.3 Å². The molecular weight excluding hydrogens is 641 g/mol. The molecule has 3 amide bonds. The molecule has 45 heavy (non-hydrogen) atoms. The Balaban J connectivity index is 1.39. The minimum Gasteiger partial charge on any atom is -0.504 e. The number of aromatic nitrogens is 1. The maximum atomic E-state index is 14.0. The summed E-state index contributed by atoms with van der Waals surface area (Å²) in [4.78, 5) is 55.5. The molecule has 12 nitrogen and oxygen atoms in total. The molecule has 6 rings (SSSR count). The second-order valence-corrected chi connectivity index (χ2v) is 14.2. The highest BCUT2D eigenvalue weighted by molar-refractivity contribution is 8.00. The van der Waals surface area contributed by atoms with E-state index in [1.54, 1.807) is 24.3 Å². The highest BCUT2D eigenvalue weighted by Gasteiger charge is 2.57. The van der Waals surface area contributed by atoms with E-state index in [1.807, 2.05) is 19.1 Å². The molecule has 1 saturated heterocycles. The van der Waals surface area contributed by atoms with Crippen LogP contribution in [0.4, 0.5) is 11.4 Å². The van der Waals surface area contributed by atoms with Gasteiger partial charge in [0.25, 0.3) is 0 Å². The molecule has 232 valence electrons. The van der Waals surface area contributed by atoms with Crippen molar-refractivity contribution in [3.8, 4) is 11.5 Å². The Morgan fingerprint density at radius 2 is 1.71 bits per heavy atom. The summed E-state index contributed by atoms with van der Waals surface area (Å²) in [6, 6.07) is 16.9. The molecule has 0 aliphatic carbocycles. The van der Waals surface area contributed by atoms with Gasteiger partial charge in [-0.15, -0.1) is 0 Å². The fourth-order valence-electron chi connectivity index (χ4n) is 5.52. The van der Waals surface area contributed by atoms with E-state index in [1.165, 1.54) is 46.9 Å². The summed E-state index contributed by atoms with van der Waals surface area (Å²) in [6.45, 7) is 1.50. The lowest BCUT2D eigenvalue weighted by atomic mass is 9.83. The van der Waals surface area contributed by atoms with Gasteiger partial charge in [0, 0.05) is 16.5 Å². The van der Waals surface area contributed by atoms with Gasteiger partial charge in [-0.1, -0.05) is 46.9 Å². The number of benzene rings is 3. The summed E-state index contributed by atoms with van der Waals surface area (Å²) in [5.74, 6) is -3.00. The number of methoxy groups -OCH3 is 1. The van der Waals surface area contributed by atoms with Crippen molar-refractivity contribution in [1.29, 1.82) is 0 Å². The van der Waals surface area contributed by atoms with Gasteiger partial charge in [-0.2, -0.15) is 0 Å². The van der Waals surface area contributed by atoms with Crippen LogP contribution in [0.25, 0.3) is 0 Å². The third-order valence-electron chi connectivity index (χ3n) is 7.67. The smallest absolute Gasteiger partial charge is 0.308 e. The number of nitrogens with two attached hydrogens (primary N) is 1. The van der Waals surface area contributed by atoms with Crippen LogP contribution < -0.4 is 25.0 Å². The lowest BCUT2D eigenvalue weighted by Gasteiger charge is -2.31. The fourth-order valence-corrected chi connectivity index (χ4v) is 8.81. The molecule has 4 N–H and O–H groups in total. The normalized spacial score (nSPS) is 19.3. The Morgan fingerprint density at radius 1 is 1.02 bits per heavy atom.